The third-order valence-corrected chi connectivity index (χ3v) is 10.9. The molecule has 1 aliphatic heterocycles. The summed E-state index contributed by atoms with van der Waals surface area (Å²) < 4.78 is 0. The van der Waals surface area contributed by atoms with E-state index in [4.69, 9.17) is 34.4 Å². The van der Waals surface area contributed by atoms with Crippen molar-refractivity contribution in [2.45, 2.75) is 127 Å². The normalized spacial score (nSPS) is 16.1. The largest absolute Gasteiger partial charge is 0.370 e. The summed E-state index contributed by atoms with van der Waals surface area (Å²) >= 11 is 0. The van der Waals surface area contributed by atoms with Crippen LogP contribution in [0.5, 0.6) is 0 Å². The molecule has 1 fully saturated rings. The van der Waals surface area contributed by atoms with Gasteiger partial charge < -0.3 is 65.9 Å². The molecule has 8 amide bonds. The van der Waals surface area contributed by atoms with Crippen LogP contribution in [0.1, 0.15) is 82.8 Å². The number of aliphatic imine (C=N–C) groups is 1. The fourth-order valence-electron chi connectivity index (χ4n) is 7.52. The van der Waals surface area contributed by atoms with Crippen LogP contribution in [-0.2, 0) is 51.2 Å². The molecule has 0 unspecified atom stereocenters. The number of carbonyl (C=O) groups is 8. The highest BCUT2D eigenvalue weighted by atomic mass is 16.2. The number of hydrogen-bond donors (Lipinski definition) is 11. The maximum atomic E-state index is 14.3. The summed E-state index contributed by atoms with van der Waals surface area (Å²) in [4.78, 5) is 113. The van der Waals surface area contributed by atoms with Gasteiger partial charge in [0, 0.05) is 25.9 Å². The van der Waals surface area contributed by atoms with Crippen molar-refractivity contribution in [2.75, 3.05) is 19.6 Å². The van der Waals surface area contributed by atoms with Gasteiger partial charge in [0.1, 0.15) is 36.3 Å². The molecule has 1 aliphatic rings. The average Bonchev–Trinajstić information content (AvgIpc) is 3.77. The van der Waals surface area contributed by atoms with Gasteiger partial charge in [-0.2, -0.15) is 0 Å². The molecule has 1 heterocycles. The number of likely N-dealkylation sites (tertiary alicyclic amines) is 1. The van der Waals surface area contributed by atoms with E-state index in [0.717, 1.165) is 5.56 Å². The molecule has 0 bridgehead atoms. The summed E-state index contributed by atoms with van der Waals surface area (Å²) in [7, 11) is 0. The third-order valence-electron chi connectivity index (χ3n) is 10.9. The van der Waals surface area contributed by atoms with Crippen LogP contribution in [0.25, 0.3) is 0 Å². The van der Waals surface area contributed by atoms with E-state index in [1.807, 2.05) is 13.8 Å². The predicted octanol–water partition coefficient (Wildman–Crippen LogP) is -2.20. The van der Waals surface area contributed by atoms with Crippen LogP contribution < -0.4 is 61.0 Å². The highest BCUT2D eigenvalue weighted by Crippen LogP contribution is 2.20. The lowest BCUT2D eigenvalue weighted by Crippen LogP contribution is -2.60. The number of amides is 8. The Morgan fingerprint density at radius 2 is 1.20 bits per heavy atom. The van der Waals surface area contributed by atoms with Gasteiger partial charge in [-0.05, 0) is 68.5 Å². The fourth-order valence-corrected chi connectivity index (χ4v) is 7.52. The summed E-state index contributed by atoms with van der Waals surface area (Å²) in [5.41, 5.74) is 35.3. The SMILES string of the molecule is CC(C)C[C@H](NC(=O)[C@H](Cc1ccccc1)NC(=O)[C@H](CC(N)=O)NC(=O)[C@@H]1CCCN1C(=O)[C@@H](N)CCCCN)C(=O)N[C@@H](CCCN=C(N)N)C(=O)N[C@@H](Cc1ccccc1)C(N)=O. The van der Waals surface area contributed by atoms with Crippen LogP contribution in [0.3, 0.4) is 0 Å². The van der Waals surface area contributed by atoms with Crippen LogP contribution in [0.2, 0.25) is 0 Å². The average molecular weight is 920 g/mol. The van der Waals surface area contributed by atoms with Crippen molar-refractivity contribution >= 4 is 53.2 Å². The standard InChI is InChI=1S/C45H69N13O8/c1-27(2)23-33(40(62)53-31(18-11-21-52-45(50)51)39(61)54-32(38(49)60)24-28-13-5-3-6-14-28)55-41(63)34(25-29-15-7-4-8-16-29)56-42(64)35(26-37(48)59)57-43(65)36-19-12-22-58(36)44(66)30(47)17-9-10-20-46/h3-8,13-16,27,30-36H,9-12,17-26,46-47H2,1-2H3,(H2,48,59)(H2,49,60)(H,53,62)(H,54,61)(H,55,63)(H,56,64)(H,57,65)(H4,50,51,52)/t30-,31-,32-,33-,34-,35-,36-/m0/s1. The summed E-state index contributed by atoms with van der Waals surface area (Å²) in [6, 6.07) is 9.25. The van der Waals surface area contributed by atoms with Gasteiger partial charge in [-0.3, -0.25) is 43.3 Å². The summed E-state index contributed by atoms with van der Waals surface area (Å²) in [5.74, 6) is -6.34. The van der Waals surface area contributed by atoms with E-state index in [9.17, 15) is 38.4 Å². The van der Waals surface area contributed by atoms with Gasteiger partial charge in [-0.25, -0.2) is 0 Å². The Bertz CT molecular complexity index is 1970. The molecule has 0 aromatic heterocycles. The smallest absolute Gasteiger partial charge is 0.243 e. The molecule has 21 nitrogen and oxygen atoms in total. The number of guanidine groups is 1. The molecule has 17 N–H and O–H groups in total. The first-order valence-electron chi connectivity index (χ1n) is 22.4. The minimum atomic E-state index is -1.55. The van der Waals surface area contributed by atoms with Gasteiger partial charge in [0.25, 0.3) is 0 Å². The molecule has 66 heavy (non-hydrogen) atoms. The number of benzene rings is 2. The first-order chi connectivity index (χ1) is 31.4. The van der Waals surface area contributed by atoms with E-state index < -0.39 is 96.0 Å². The highest BCUT2D eigenvalue weighted by molar-refractivity contribution is 5.98. The molecular weight excluding hydrogens is 851 g/mol. The van der Waals surface area contributed by atoms with Crippen LogP contribution in [0.15, 0.2) is 65.7 Å². The van der Waals surface area contributed by atoms with Crippen LogP contribution in [0.4, 0.5) is 0 Å². The van der Waals surface area contributed by atoms with Crippen molar-refractivity contribution < 1.29 is 38.4 Å². The maximum Gasteiger partial charge on any atom is 0.243 e. The molecule has 0 saturated carbocycles. The van der Waals surface area contributed by atoms with Crippen molar-refractivity contribution in [3.8, 4) is 0 Å². The number of nitrogens with one attached hydrogen (secondary N) is 5. The van der Waals surface area contributed by atoms with Crippen molar-refractivity contribution in [2.24, 2.45) is 45.3 Å². The second-order valence-corrected chi connectivity index (χ2v) is 16.9. The van der Waals surface area contributed by atoms with E-state index in [1.165, 1.54) is 4.90 Å². The van der Waals surface area contributed by atoms with Crippen LogP contribution in [-0.4, -0.2) is 120 Å². The fraction of sp³-hybridized carbons (Fsp3) is 0.533. The zero-order valence-electron chi connectivity index (χ0n) is 37.9. The Morgan fingerprint density at radius 1 is 0.667 bits per heavy atom. The van der Waals surface area contributed by atoms with Crippen LogP contribution in [0, 0.1) is 5.92 Å². The number of carbonyl (C=O) groups excluding carboxylic acids is 8. The monoisotopic (exact) mass is 920 g/mol. The van der Waals surface area contributed by atoms with E-state index in [1.54, 1.807) is 60.7 Å². The van der Waals surface area contributed by atoms with Crippen LogP contribution >= 0.6 is 0 Å². The van der Waals surface area contributed by atoms with E-state index in [2.05, 4.69) is 31.6 Å². The number of nitrogens with two attached hydrogens (primary N) is 6. The molecule has 1 saturated heterocycles. The Hall–Kier alpha value is -6.61. The topological polar surface area (TPSA) is 368 Å². The van der Waals surface area contributed by atoms with Gasteiger partial charge in [0.2, 0.25) is 47.3 Å². The highest BCUT2D eigenvalue weighted by Gasteiger charge is 2.39. The molecular formula is C45H69N13O8. The molecule has 0 spiro atoms. The number of primary amides is 2. The Labute approximate surface area is 385 Å². The summed E-state index contributed by atoms with van der Waals surface area (Å²) in [5, 5.41) is 13.3. The molecule has 21 heteroatoms. The van der Waals surface area contributed by atoms with E-state index in [-0.39, 0.29) is 63.5 Å². The first-order valence-corrected chi connectivity index (χ1v) is 22.4. The predicted molar refractivity (Wildman–Crippen MR) is 248 cm³/mol. The second kappa shape index (κ2) is 27.7. The molecule has 0 radical (unpaired) electrons. The quantitative estimate of drug-likeness (QED) is 0.0246. The van der Waals surface area contributed by atoms with E-state index in [0.29, 0.717) is 37.8 Å². The first kappa shape index (κ1) is 53.7. The lowest BCUT2D eigenvalue weighted by atomic mass is 9.99. The maximum absolute atomic E-state index is 14.3. The summed E-state index contributed by atoms with van der Waals surface area (Å²) in [6.45, 7) is 4.48. The number of hydrogen-bond acceptors (Lipinski definition) is 11. The molecule has 362 valence electrons. The zero-order valence-corrected chi connectivity index (χ0v) is 37.9. The van der Waals surface area contributed by atoms with Gasteiger partial charge in [-0.15, -0.1) is 0 Å². The van der Waals surface area contributed by atoms with Gasteiger partial charge in [0.15, 0.2) is 5.96 Å². The number of nitrogens with zero attached hydrogens (tertiary/aromatic N) is 2. The minimum absolute atomic E-state index is 0.0293. The number of rotatable bonds is 28. The van der Waals surface area contributed by atoms with Crippen molar-refractivity contribution in [3.63, 3.8) is 0 Å². The lowest BCUT2D eigenvalue weighted by molar-refractivity contribution is -0.141. The van der Waals surface area contributed by atoms with Gasteiger partial charge >= 0.3 is 0 Å². The minimum Gasteiger partial charge on any atom is -0.370 e. The molecule has 0 aliphatic carbocycles. The third kappa shape index (κ3) is 18.5. The Morgan fingerprint density at radius 3 is 1.76 bits per heavy atom. The van der Waals surface area contributed by atoms with Crippen molar-refractivity contribution in [1.82, 2.24) is 31.5 Å². The number of unbranched alkanes of at least 4 members (excludes halogenated alkanes) is 1. The Balaban J connectivity index is 1.86. The van der Waals surface area contributed by atoms with Crippen molar-refractivity contribution in [3.05, 3.63) is 71.8 Å². The lowest BCUT2D eigenvalue weighted by Gasteiger charge is -2.29. The summed E-state index contributed by atoms with van der Waals surface area (Å²) in [6.07, 6.45) is 2.21. The molecule has 7 atom stereocenters. The van der Waals surface area contributed by atoms with E-state index >= 15 is 0 Å². The molecule has 2 aromatic rings. The zero-order chi connectivity index (χ0) is 48.8. The van der Waals surface area contributed by atoms with Gasteiger partial charge in [0.05, 0.1) is 12.5 Å². The molecule has 2 aromatic carbocycles. The van der Waals surface area contributed by atoms with Crippen molar-refractivity contribution in [1.29, 1.82) is 0 Å². The molecule has 3 rings (SSSR count). The second-order valence-electron chi connectivity index (χ2n) is 16.9. The van der Waals surface area contributed by atoms with Gasteiger partial charge in [-0.1, -0.05) is 80.9 Å². The Kier molecular flexibility index (Phi) is 22.5.